The van der Waals surface area contributed by atoms with Gasteiger partial charge in [-0.15, -0.1) is 0 Å². The van der Waals surface area contributed by atoms with E-state index in [-0.39, 0.29) is 31.0 Å². The Morgan fingerprint density at radius 3 is 2.35 bits per heavy atom. The molecule has 196 valence electrons. The zero-order valence-electron chi connectivity index (χ0n) is 22.4. The molecule has 0 radical (unpaired) electrons. The van der Waals surface area contributed by atoms with Crippen LogP contribution < -0.4 is 10.1 Å². The van der Waals surface area contributed by atoms with Crippen molar-refractivity contribution in [3.63, 3.8) is 0 Å². The van der Waals surface area contributed by atoms with Crippen LogP contribution in [0.25, 0.3) is 0 Å². The maximum atomic E-state index is 13.8. The lowest BCUT2D eigenvalue weighted by Gasteiger charge is -2.32. The van der Waals surface area contributed by atoms with Crippen molar-refractivity contribution in [2.45, 2.75) is 66.1 Å². The van der Waals surface area contributed by atoms with Gasteiger partial charge in [-0.3, -0.25) is 9.59 Å². The summed E-state index contributed by atoms with van der Waals surface area (Å²) < 4.78 is 6.04. The number of hydrogen-bond donors (Lipinski definition) is 1. The van der Waals surface area contributed by atoms with Crippen molar-refractivity contribution < 1.29 is 14.3 Å². The van der Waals surface area contributed by atoms with E-state index in [4.69, 9.17) is 16.3 Å². The molecule has 0 spiro atoms. The second-order valence-corrected chi connectivity index (χ2v) is 10.1. The molecule has 3 aromatic carbocycles. The summed E-state index contributed by atoms with van der Waals surface area (Å²) in [6.07, 6.45) is 1.18. The number of nitrogens with one attached hydrogen (secondary N) is 1. The van der Waals surface area contributed by atoms with Crippen LogP contribution in [-0.2, 0) is 22.6 Å². The van der Waals surface area contributed by atoms with E-state index >= 15 is 0 Å². The fourth-order valence-electron chi connectivity index (χ4n) is 4.20. The second-order valence-electron chi connectivity index (χ2n) is 9.67. The number of nitrogens with zero attached hydrogens (tertiary/aromatic N) is 1. The van der Waals surface area contributed by atoms with Gasteiger partial charge in [0.1, 0.15) is 11.8 Å². The van der Waals surface area contributed by atoms with Crippen LogP contribution in [0.4, 0.5) is 0 Å². The first-order valence-electron chi connectivity index (χ1n) is 12.8. The molecule has 2 amide bonds. The molecule has 2 atom stereocenters. The Labute approximate surface area is 225 Å². The normalized spacial score (nSPS) is 12.5. The van der Waals surface area contributed by atoms with Crippen LogP contribution in [-0.4, -0.2) is 35.4 Å². The lowest BCUT2D eigenvalue weighted by atomic mass is 10.0. The molecule has 5 nitrogen and oxygen atoms in total. The Morgan fingerprint density at radius 1 is 0.973 bits per heavy atom. The van der Waals surface area contributed by atoms with E-state index < -0.39 is 6.04 Å². The van der Waals surface area contributed by atoms with Crippen molar-refractivity contribution in [2.24, 2.45) is 0 Å². The van der Waals surface area contributed by atoms with Gasteiger partial charge in [0.15, 0.2) is 6.61 Å². The van der Waals surface area contributed by atoms with Crippen LogP contribution in [0.3, 0.4) is 0 Å². The number of hydrogen-bond acceptors (Lipinski definition) is 3. The van der Waals surface area contributed by atoms with E-state index in [1.54, 1.807) is 11.0 Å². The zero-order valence-corrected chi connectivity index (χ0v) is 23.1. The second kappa shape index (κ2) is 13.3. The fraction of sp³-hybridized carbons (Fsp3) is 0.355. The van der Waals surface area contributed by atoms with E-state index in [0.29, 0.717) is 17.2 Å². The minimum atomic E-state index is -0.716. The number of benzene rings is 3. The Balaban J connectivity index is 1.95. The van der Waals surface area contributed by atoms with Crippen LogP contribution in [0.15, 0.2) is 66.7 Å². The molecule has 0 aromatic heterocycles. The minimum Gasteiger partial charge on any atom is -0.483 e. The Bertz CT molecular complexity index is 1210. The van der Waals surface area contributed by atoms with Gasteiger partial charge in [0.05, 0.1) is 0 Å². The molecule has 0 saturated carbocycles. The van der Waals surface area contributed by atoms with Crippen molar-refractivity contribution in [3.8, 4) is 5.75 Å². The molecule has 0 aliphatic heterocycles. The number of halogens is 1. The molecular formula is C31H37ClN2O3. The van der Waals surface area contributed by atoms with Gasteiger partial charge in [-0.05, 0) is 80.1 Å². The molecule has 0 fully saturated rings. The lowest BCUT2D eigenvalue weighted by Crippen LogP contribution is -2.53. The van der Waals surface area contributed by atoms with Gasteiger partial charge in [-0.25, -0.2) is 0 Å². The van der Waals surface area contributed by atoms with Gasteiger partial charge in [0, 0.05) is 24.0 Å². The average Bonchev–Trinajstić information content (AvgIpc) is 2.87. The fourth-order valence-corrected chi connectivity index (χ4v) is 4.41. The van der Waals surface area contributed by atoms with E-state index in [9.17, 15) is 9.59 Å². The molecule has 3 aromatic rings. The molecule has 0 aliphatic carbocycles. The lowest BCUT2D eigenvalue weighted by molar-refractivity contribution is -0.143. The van der Waals surface area contributed by atoms with Gasteiger partial charge >= 0.3 is 0 Å². The summed E-state index contributed by atoms with van der Waals surface area (Å²) in [7, 11) is 0. The van der Waals surface area contributed by atoms with E-state index in [1.165, 1.54) is 0 Å². The Morgan fingerprint density at radius 2 is 1.68 bits per heavy atom. The first-order chi connectivity index (χ1) is 17.7. The van der Waals surface area contributed by atoms with Gasteiger partial charge in [0.2, 0.25) is 5.91 Å². The molecule has 0 aliphatic rings. The largest absolute Gasteiger partial charge is 0.483 e. The maximum absolute atomic E-state index is 13.8. The van der Waals surface area contributed by atoms with Crippen molar-refractivity contribution in [2.75, 3.05) is 6.61 Å². The van der Waals surface area contributed by atoms with Gasteiger partial charge in [-0.2, -0.15) is 0 Å². The molecule has 6 heteroatoms. The van der Waals surface area contributed by atoms with Crippen molar-refractivity contribution >= 4 is 23.4 Å². The van der Waals surface area contributed by atoms with Crippen molar-refractivity contribution in [3.05, 3.63) is 99.6 Å². The highest BCUT2D eigenvalue weighted by Gasteiger charge is 2.31. The molecule has 2 unspecified atom stereocenters. The third kappa shape index (κ3) is 8.09. The first-order valence-corrected chi connectivity index (χ1v) is 13.1. The number of carbonyl (C=O) groups excluding carboxylic acids is 2. The summed E-state index contributed by atoms with van der Waals surface area (Å²) in [5.74, 6) is 0.229. The highest BCUT2D eigenvalue weighted by molar-refractivity contribution is 6.30. The number of carbonyl (C=O) groups is 2. The third-order valence-corrected chi connectivity index (χ3v) is 6.86. The standard InChI is InChI=1S/C31H37ClN2O3/c1-6-23(4)33-31(36)28(18-25-11-8-7-9-12-25)34(19-26-13-10-14-27(32)17-26)30(35)20-37-29-16-21(2)15-22(3)24(29)5/h7-17,23,28H,6,18-20H2,1-5H3,(H,33,36). The van der Waals surface area contributed by atoms with E-state index in [2.05, 4.69) is 11.4 Å². The Kier molecular flexibility index (Phi) is 10.2. The summed E-state index contributed by atoms with van der Waals surface area (Å²) in [6, 6.07) is 20.4. The number of ether oxygens (including phenoxy) is 1. The quantitative estimate of drug-likeness (QED) is 0.327. The molecular weight excluding hydrogens is 484 g/mol. The number of aryl methyl sites for hydroxylation is 2. The van der Waals surface area contributed by atoms with E-state index in [0.717, 1.165) is 34.2 Å². The predicted octanol–water partition coefficient (Wildman–Crippen LogP) is 6.20. The zero-order chi connectivity index (χ0) is 26.9. The van der Waals surface area contributed by atoms with Gasteiger partial charge < -0.3 is 15.0 Å². The summed E-state index contributed by atoms with van der Waals surface area (Å²) in [5, 5.41) is 3.66. The molecule has 0 heterocycles. The summed E-state index contributed by atoms with van der Waals surface area (Å²) in [4.78, 5) is 29.0. The van der Waals surface area contributed by atoms with Crippen LogP contribution >= 0.6 is 11.6 Å². The highest BCUT2D eigenvalue weighted by atomic mass is 35.5. The molecule has 0 bridgehead atoms. The van der Waals surface area contributed by atoms with Crippen LogP contribution in [0, 0.1) is 20.8 Å². The molecule has 3 rings (SSSR count). The molecule has 37 heavy (non-hydrogen) atoms. The number of rotatable bonds is 11. The van der Waals surface area contributed by atoms with Gasteiger partial charge in [0.25, 0.3) is 5.91 Å². The smallest absolute Gasteiger partial charge is 0.261 e. The van der Waals surface area contributed by atoms with E-state index in [1.807, 2.05) is 89.2 Å². The Hall–Kier alpha value is -3.31. The highest BCUT2D eigenvalue weighted by Crippen LogP contribution is 2.24. The van der Waals surface area contributed by atoms with Crippen molar-refractivity contribution in [1.82, 2.24) is 10.2 Å². The SMILES string of the molecule is CCC(C)NC(=O)C(Cc1ccccc1)N(Cc1cccc(Cl)c1)C(=O)COc1cc(C)cc(C)c1C. The monoisotopic (exact) mass is 520 g/mol. The summed E-state index contributed by atoms with van der Waals surface area (Å²) in [6.45, 7) is 10.1. The number of amides is 2. The predicted molar refractivity (Wildman–Crippen MR) is 150 cm³/mol. The first kappa shape index (κ1) is 28.3. The maximum Gasteiger partial charge on any atom is 0.261 e. The van der Waals surface area contributed by atoms with Crippen LogP contribution in [0.1, 0.15) is 48.1 Å². The van der Waals surface area contributed by atoms with Crippen molar-refractivity contribution in [1.29, 1.82) is 0 Å². The summed E-state index contributed by atoms with van der Waals surface area (Å²) >= 11 is 6.25. The summed E-state index contributed by atoms with van der Waals surface area (Å²) in [5.41, 5.74) is 4.99. The average molecular weight is 521 g/mol. The van der Waals surface area contributed by atoms with Gasteiger partial charge in [-0.1, -0.05) is 67.1 Å². The third-order valence-electron chi connectivity index (χ3n) is 6.63. The molecule has 1 N–H and O–H groups in total. The topological polar surface area (TPSA) is 58.6 Å². The van der Waals surface area contributed by atoms with Crippen LogP contribution in [0.2, 0.25) is 5.02 Å². The minimum absolute atomic E-state index is 0.0111. The molecule has 0 saturated heterocycles. The van der Waals surface area contributed by atoms with Crippen LogP contribution in [0.5, 0.6) is 5.75 Å².